The highest BCUT2D eigenvalue weighted by Gasteiger charge is 2.06. The average molecular weight is 238 g/mol. The van der Waals surface area contributed by atoms with Crippen molar-refractivity contribution >= 4 is 21.4 Å². The molecule has 2 heteroatoms. The molecule has 17 heavy (non-hydrogen) atoms. The number of hydrogen-bond donors (Lipinski definition) is 0. The molecule has 0 aliphatic rings. The summed E-state index contributed by atoms with van der Waals surface area (Å²) in [5.41, 5.74) is 1.89. The lowest BCUT2D eigenvalue weighted by Crippen LogP contribution is -2.03. The van der Waals surface area contributed by atoms with Crippen LogP contribution in [0.2, 0.25) is 0 Å². The molecule has 0 amide bonds. The van der Waals surface area contributed by atoms with Gasteiger partial charge in [0.05, 0.1) is 0 Å². The van der Waals surface area contributed by atoms with E-state index in [1.807, 2.05) is 60.0 Å². The molecule has 1 heterocycles. The highest BCUT2D eigenvalue weighted by molar-refractivity contribution is 7.16. The van der Waals surface area contributed by atoms with E-state index in [9.17, 15) is 4.79 Å². The van der Waals surface area contributed by atoms with Crippen LogP contribution in [0.1, 0.15) is 0 Å². The number of fused-ring (bicyclic) bond motifs is 1. The average Bonchev–Trinajstić information content (AvgIpc) is 2.40. The van der Waals surface area contributed by atoms with Crippen molar-refractivity contribution in [1.29, 1.82) is 0 Å². The van der Waals surface area contributed by atoms with Crippen molar-refractivity contribution in [3.63, 3.8) is 0 Å². The predicted molar refractivity (Wildman–Crippen MR) is 73.5 cm³/mol. The molecule has 0 saturated heterocycles. The number of rotatable bonds is 1. The Kier molecular flexibility index (Phi) is 2.50. The molecule has 2 aromatic carbocycles. The van der Waals surface area contributed by atoms with Gasteiger partial charge in [-0.25, -0.2) is 0 Å². The summed E-state index contributed by atoms with van der Waals surface area (Å²) in [6, 6.07) is 17.5. The van der Waals surface area contributed by atoms with Gasteiger partial charge in [0.1, 0.15) is 0 Å². The first-order valence-corrected chi connectivity index (χ1v) is 6.30. The van der Waals surface area contributed by atoms with E-state index >= 15 is 0 Å². The van der Waals surface area contributed by atoms with E-state index in [-0.39, 0.29) is 5.43 Å². The van der Waals surface area contributed by atoms with Crippen molar-refractivity contribution in [2.45, 2.75) is 0 Å². The van der Waals surface area contributed by atoms with Gasteiger partial charge in [-0.05, 0) is 17.7 Å². The van der Waals surface area contributed by atoms with Gasteiger partial charge in [-0.3, -0.25) is 4.79 Å². The second-order valence-corrected chi connectivity index (χ2v) is 4.75. The van der Waals surface area contributed by atoms with Crippen molar-refractivity contribution < 1.29 is 0 Å². The molecule has 0 bridgehead atoms. The molecule has 0 radical (unpaired) electrons. The summed E-state index contributed by atoms with van der Waals surface area (Å²) < 4.78 is 1.04. The summed E-state index contributed by atoms with van der Waals surface area (Å²) in [6.45, 7) is 0. The van der Waals surface area contributed by atoms with Gasteiger partial charge < -0.3 is 0 Å². The molecule has 82 valence electrons. The minimum absolute atomic E-state index is 0.116. The third-order valence-electron chi connectivity index (χ3n) is 2.76. The SMILES string of the molecule is O=c1c(-c2ccccc2)csc2ccccc12. The molecule has 0 N–H and O–H groups in total. The Labute approximate surface area is 103 Å². The number of hydrogen-bond acceptors (Lipinski definition) is 2. The molecule has 0 unspecified atom stereocenters. The molecular formula is C15H10OS. The highest BCUT2D eigenvalue weighted by atomic mass is 32.1. The third kappa shape index (κ3) is 1.77. The van der Waals surface area contributed by atoms with Crippen LogP contribution in [0, 0.1) is 0 Å². The lowest BCUT2D eigenvalue weighted by molar-refractivity contribution is 1.62. The van der Waals surface area contributed by atoms with Crippen LogP contribution in [0.3, 0.4) is 0 Å². The van der Waals surface area contributed by atoms with E-state index in [0.29, 0.717) is 0 Å². The maximum atomic E-state index is 12.3. The van der Waals surface area contributed by atoms with Gasteiger partial charge in [-0.1, -0.05) is 42.5 Å². The van der Waals surface area contributed by atoms with Crippen LogP contribution in [-0.2, 0) is 0 Å². The Morgan fingerprint density at radius 3 is 2.35 bits per heavy atom. The summed E-state index contributed by atoms with van der Waals surface area (Å²) in [6.07, 6.45) is 0. The first-order chi connectivity index (χ1) is 8.36. The first kappa shape index (κ1) is 10.2. The monoisotopic (exact) mass is 238 g/mol. The second kappa shape index (κ2) is 4.15. The molecule has 0 aliphatic carbocycles. The van der Waals surface area contributed by atoms with E-state index < -0.39 is 0 Å². The fourth-order valence-corrected chi connectivity index (χ4v) is 2.83. The maximum Gasteiger partial charge on any atom is 0.195 e. The molecule has 1 aromatic heterocycles. The second-order valence-electron chi connectivity index (χ2n) is 3.84. The van der Waals surface area contributed by atoms with E-state index in [1.54, 1.807) is 11.3 Å². The largest absolute Gasteiger partial charge is 0.289 e. The summed E-state index contributed by atoms with van der Waals surface area (Å²) in [7, 11) is 0. The van der Waals surface area contributed by atoms with Crippen LogP contribution in [0.4, 0.5) is 0 Å². The van der Waals surface area contributed by atoms with Crippen molar-refractivity contribution in [1.82, 2.24) is 0 Å². The quantitative estimate of drug-likeness (QED) is 0.627. The Balaban J connectivity index is 2.33. The van der Waals surface area contributed by atoms with Gasteiger partial charge in [0, 0.05) is 21.0 Å². The summed E-state index contributed by atoms with van der Waals surface area (Å²) in [5, 5.41) is 2.75. The van der Waals surface area contributed by atoms with Crippen molar-refractivity contribution in [2.24, 2.45) is 0 Å². The normalized spacial score (nSPS) is 10.6. The fourth-order valence-electron chi connectivity index (χ4n) is 1.89. The van der Waals surface area contributed by atoms with Gasteiger partial charge in [-0.2, -0.15) is 0 Å². The first-order valence-electron chi connectivity index (χ1n) is 5.42. The van der Waals surface area contributed by atoms with Crippen molar-refractivity contribution in [2.75, 3.05) is 0 Å². The Bertz CT molecular complexity index is 714. The van der Waals surface area contributed by atoms with E-state index in [4.69, 9.17) is 0 Å². The predicted octanol–water partition coefficient (Wildman–Crippen LogP) is 3.93. The molecule has 3 aromatic rings. The smallest absolute Gasteiger partial charge is 0.195 e. The zero-order valence-corrected chi connectivity index (χ0v) is 9.91. The van der Waals surface area contributed by atoms with Crippen LogP contribution in [0.15, 0.2) is 64.8 Å². The summed E-state index contributed by atoms with van der Waals surface area (Å²) in [5.74, 6) is 0. The van der Waals surface area contributed by atoms with Crippen LogP contribution in [0.5, 0.6) is 0 Å². The Morgan fingerprint density at radius 1 is 0.824 bits per heavy atom. The molecule has 0 spiro atoms. The summed E-state index contributed by atoms with van der Waals surface area (Å²) in [4.78, 5) is 12.3. The van der Waals surface area contributed by atoms with Crippen LogP contribution >= 0.6 is 11.3 Å². The maximum absolute atomic E-state index is 12.3. The molecule has 0 fully saturated rings. The van der Waals surface area contributed by atoms with Gasteiger partial charge in [0.15, 0.2) is 5.43 Å². The van der Waals surface area contributed by atoms with E-state index in [1.165, 1.54) is 0 Å². The molecule has 3 rings (SSSR count). The third-order valence-corrected chi connectivity index (χ3v) is 3.73. The molecule has 0 aliphatic heterocycles. The topological polar surface area (TPSA) is 17.1 Å². The zero-order chi connectivity index (χ0) is 11.7. The Morgan fingerprint density at radius 2 is 1.53 bits per heavy atom. The van der Waals surface area contributed by atoms with E-state index in [0.717, 1.165) is 21.2 Å². The van der Waals surface area contributed by atoms with Crippen LogP contribution in [0.25, 0.3) is 21.2 Å². The van der Waals surface area contributed by atoms with Gasteiger partial charge >= 0.3 is 0 Å². The molecular weight excluding hydrogens is 228 g/mol. The van der Waals surface area contributed by atoms with Gasteiger partial charge in [0.25, 0.3) is 0 Å². The summed E-state index contributed by atoms with van der Waals surface area (Å²) >= 11 is 1.61. The minimum atomic E-state index is 0.116. The molecule has 0 atom stereocenters. The molecule has 0 saturated carbocycles. The van der Waals surface area contributed by atoms with Gasteiger partial charge in [-0.15, -0.1) is 11.3 Å². The van der Waals surface area contributed by atoms with Gasteiger partial charge in [0.2, 0.25) is 0 Å². The number of benzene rings is 2. The lowest BCUT2D eigenvalue weighted by Gasteiger charge is -2.01. The Hall–Kier alpha value is -1.93. The standard InChI is InChI=1S/C15H10OS/c16-15-12-8-4-5-9-14(12)17-10-13(15)11-6-2-1-3-7-11/h1-10H. The molecule has 1 nitrogen and oxygen atoms in total. The van der Waals surface area contributed by atoms with Crippen LogP contribution in [-0.4, -0.2) is 0 Å². The minimum Gasteiger partial charge on any atom is -0.289 e. The van der Waals surface area contributed by atoms with E-state index in [2.05, 4.69) is 0 Å². The van der Waals surface area contributed by atoms with Crippen LogP contribution < -0.4 is 5.43 Å². The highest BCUT2D eigenvalue weighted by Crippen LogP contribution is 2.22. The lowest BCUT2D eigenvalue weighted by atomic mass is 10.1. The van der Waals surface area contributed by atoms with Crippen molar-refractivity contribution in [3.8, 4) is 11.1 Å². The zero-order valence-electron chi connectivity index (χ0n) is 9.09. The van der Waals surface area contributed by atoms with Crippen molar-refractivity contribution in [3.05, 3.63) is 70.2 Å². The fraction of sp³-hybridized carbons (Fsp3) is 0.